The number of rotatable bonds is 3. The maximum atomic E-state index is 11.4. The Balaban J connectivity index is 2.30. The summed E-state index contributed by atoms with van der Waals surface area (Å²) in [5, 5.41) is 1.37. The van der Waals surface area contributed by atoms with E-state index in [-0.39, 0.29) is 5.95 Å². The van der Waals surface area contributed by atoms with Crippen LogP contribution in [-0.2, 0) is 4.43 Å². The Morgan fingerprint density at radius 1 is 1.27 bits per heavy atom. The number of nitrogen functional groups attached to an aromatic ring is 1. The minimum atomic E-state index is -0.494. The highest BCUT2D eigenvalue weighted by Crippen LogP contribution is 2.34. The number of thiophene rings is 1. The number of halogens is 2. The van der Waals surface area contributed by atoms with Crippen LogP contribution >= 0.6 is 45.5 Å². The summed E-state index contributed by atoms with van der Waals surface area (Å²) in [5.41, 5.74) is 13.7. The first-order valence-corrected chi connectivity index (χ1v) is 8.92. The second-order valence-electron chi connectivity index (χ2n) is 4.61. The van der Waals surface area contributed by atoms with Gasteiger partial charge in [-0.25, -0.2) is 9.97 Å². The predicted octanol–water partition coefficient (Wildman–Crippen LogP) is 3.63. The third kappa shape index (κ3) is 2.88. The van der Waals surface area contributed by atoms with Crippen LogP contribution in [0.5, 0.6) is 0 Å². The predicted molar refractivity (Wildman–Crippen MR) is 98.5 cm³/mol. The van der Waals surface area contributed by atoms with Crippen molar-refractivity contribution in [3.05, 3.63) is 39.7 Å². The smallest absolute Gasteiger partial charge is 0.258 e. The van der Waals surface area contributed by atoms with Gasteiger partial charge >= 0.3 is 0 Å². The van der Waals surface area contributed by atoms with Gasteiger partial charge in [0.2, 0.25) is 5.95 Å². The zero-order valence-electron chi connectivity index (χ0n) is 11.1. The van der Waals surface area contributed by atoms with Crippen molar-refractivity contribution < 1.29 is 4.79 Å². The largest absolute Gasteiger partial charge is 0.368 e. The molecule has 8 heteroatoms. The van der Waals surface area contributed by atoms with Gasteiger partial charge in [-0.2, -0.15) is 0 Å². The van der Waals surface area contributed by atoms with Crippen molar-refractivity contribution in [2.45, 2.75) is 4.43 Å². The van der Waals surface area contributed by atoms with E-state index in [1.54, 1.807) is 6.07 Å². The summed E-state index contributed by atoms with van der Waals surface area (Å²) < 4.78 is 0.825. The molecule has 0 aliphatic carbocycles. The van der Waals surface area contributed by atoms with E-state index in [4.69, 9.17) is 23.1 Å². The average molecular weight is 445 g/mol. The average Bonchev–Trinajstić information content (AvgIpc) is 2.89. The number of benzene rings is 1. The van der Waals surface area contributed by atoms with Crippen LogP contribution < -0.4 is 11.5 Å². The molecular formula is C14H10ClIN4OS. The van der Waals surface area contributed by atoms with Crippen LogP contribution in [-0.4, -0.2) is 15.9 Å². The summed E-state index contributed by atoms with van der Waals surface area (Å²) >= 11 is 9.65. The van der Waals surface area contributed by atoms with Crippen molar-refractivity contribution >= 4 is 67.6 Å². The molecule has 4 N–H and O–H groups in total. The monoisotopic (exact) mass is 444 g/mol. The topological polar surface area (TPSA) is 94.9 Å². The number of aromatic nitrogens is 2. The van der Waals surface area contributed by atoms with Crippen LogP contribution in [0.1, 0.15) is 15.2 Å². The molecule has 0 radical (unpaired) electrons. The number of nitrogens with zero attached hydrogens (tertiary/aromatic N) is 2. The number of amides is 1. The maximum absolute atomic E-state index is 11.4. The number of primary amides is 1. The molecule has 3 rings (SSSR count). The van der Waals surface area contributed by atoms with Gasteiger partial charge in [-0.1, -0.05) is 34.2 Å². The van der Waals surface area contributed by atoms with E-state index in [1.165, 1.54) is 11.3 Å². The lowest BCUT2D eigenvalue weighted by Gasteiger charge is -2.06. The number of carbonyl (C=O) groups is 1. The lowest BCUT2D eigenvalue weighted by Crippen LogP contribution is -2.08. The molecule has 0 atom stereocenters. The molecule has 2 heterocycles. The fraction of sp³-hybridized carbons (Fsp3) is 0.0714. The third-order valence-electron chi connectivity index (χ3n) is 3.04. The van der Waals surface area contributed by atoms with Crippen LogP contribution in [0.25, 0.3) is 21.5 Å². The summed E-state index contributed by atoms with van der Waals surface area (Å²) in [6.07, 6.45) is 0. The van der Waals surface area contributed by atoms with Crippen LogP contribution in [0.2, 0.25) is 5.02 Å². The summed E-state index contributed by atoms with van der Waals surface area (Å²) in [4.78, 5) is 20.9. The molecule has 0 saturated carbocycles. The van der Waals surface area contributed by atoms with Gasteiger partial charge in [0, 0.05) is 20.4 Å². The van der Waals surface area contributed by atoms with Crippen molar-refractivity contribution in [3.63, 3.8) is 0 Å². The molecule has 0 unspecified atom stereocenters. The molecular weight excluding hydrogens is 435 g/mol. The Kier molecular flexibility index (Phi) is 4.20. The first kappa shape index (κ1) is 15.4. The highest BCUT2D eigenvalue weighted by molar-refractivity contribution is 14.1. The maximum Gasteiger partial charge on any atom is 0.258 e. The van der Waals surface area contributed by atoms with Crippen molar-refractivity contribution in [1.82, 2.24) is 9.97 Å². The molecule has 0 saturated heterocycles. The summed E-state index contributed by atoms with van der Waals surface area (Å²) in [5.74, 6) is -0.345. The number of carbonyl (C=O) groups excluding carboxylic acids is 1. The number of anilines is 1. The first-order valence-electron chi connectivity index (χ1n) is 6.20. The van der Waals surface area contributed by atoms with Crippen molar-refractivity contribution in [1.29, 1.82) is 0 Å². The van der Waals surface area contributed by atoms with E-state index < -0.39 is 5.91 Å². The fourth-order valence-corrected chi connectivity index (χ4v) is 3.73. The molecule has 0 spiro atoms. The zero-order chi connectivity index (χ0) is 15.9. The van der Waals surface area contributed by atoms with Gasteiger partial charge < -0.3 is 11.5 Å². The Hall–Kier alpha value is -1.45. The van der Waals surface area contributed by atoms with E-state index in [0.29, 0.717) is 20.4 Å². The van der Waals surface area contributed by atoms with Crippen molar-refractivity contribution in [3.8, 4) is 11.3 Å². The molecule has 0 aliphatic rings. The molecule has 0 aliphatic heterocycles. The van der Waals surface area contributed by atoms with E-state index in [0.717, 1.165) is 20.9 Å². The van der Waals surface area contributed by atoms with Crippen molar-refractivity contribution in [2.24, 2.45) is 5.73 Å². The minimum absolute atomic E-state index is 0.149. The summed E-state index contributed by atoms with van der Waals surface area (Å²) in [7, 11) is 0. The number of alkyl halides is 1. The number of hydrogen-bond donors (Lipinski definition) is 2. The second-order valence-corrected chi connectivity index (χ2v) is 6.84. The molecule has 22 heavy (non-hydrogen) atoms. The fourth-order valence-electron chi connectivity index (χ4n) is 2.14. The van der Waals surface area contributed by atoms with Gasteiger partial charge in [0.1, 0.15) is 4.83 Å². The van der Waals surface area contributed by atoms with Gasteiger partial charge in [0.25, 0.3) is 5.91 Å². The van der Waals surface area contributed by atoms with Crippen LogP contribution in [0.3, 0.4) is 0 Å². The standard InChI is InChI=1S/C14H10ClIN4OS/c15-8-2-6(5-16)1-7(3-8)11-9-4-10(12(17)21)22-13(9)20-14(18)19-11/h1-4H,5H2,(H2,17,21)(H2,18,19,20). The first-order chi connectivity index (χ1) is 10.5. The second kappa shape index (κ2) is 5.98. The van der Waals surface area contributed by atoms with Gasteiger partial charge in [0.15, 0.2) is 0 Å². The van der Waals surface area contributed by atoms with Gasteiger partial charge in [-0.3, -0.25) is 4.79 Å². The Bertz CT molecular complexity index is 896. The van der Waals surface area contributed by atoms with Gasteiger partial charge in [0.05, 0.1) is 10.6 Å². The number of nitrogens with two attached hydrogens (primary N) is 2. The number of fused-ring (bicyclic) bond motifs is 1. The van der Waals surface area contributed by atoms with Gasteiger partial charge in [-0.15, -0.1) is 11.3 Å². The number of hydrogen-bond acceptors (Lipinski definition) is 5. The normalized spacial score (nSPS) is 11.0. The molecule has 0 fully saturated rings. The summed E-state index contributed by atoms with van der Waals surface area (Å²) in [6.45, 7) is 0. The van der Waals surface area contributed by atoms with Crippen LogP contribution in [0.15, 0.2) is 24.3 Å². The quantitative estimate of drug-likeness (QED) is 0.476. The Morgan fingerprint density at radius 2 is 2.05 bits per heavy atom. The lowest BCUT2D eigenvalue weighted by molar-refractivity contribution is 0.100. The molecule has 3 aromatic rings. The Labute approximate surface area is 148 Å². The van der Waals surface area contributed by atoms with E-state index in [9.17, 15) is 4.79 Å². The van der Waals surface area contributed by atoms with E-state index >= 15 is 0 Å². The highest BCUT2D eigenvalue weighted by atomic mass is 127. The molecule has 112 valence electrons. The highest BCUT2D eigenvalue weighted by Gasteiger charge is 2.15. The van der Waals surface area contributed by atoms with Crippen LogP contribution in [0.4, 0.5) is 5.95 Å². The lowest BCUT2D eigenvalue weighted by atomic mass is 10.1. The third-order valence-corrected chi connectivity index (χ3v) is 5.18. The van der Waals surface area contributed by atoms with Gasteiger partial charge in [-0.05, 0) is 29.8 Å². The zero-order valence-corrected chi connectivity index (χ0v) is 14.9. The van der Waals surface area contributed by atoms with E-state index in [1.807, 2.05) is 18.2 Å². The van der Waals surface area contributed by atoms with E-state index in [2.05, 4.69) is 32.6 Å². The Morgan fingerprint density at radius 3 is 2.73 bits per heavy atom. The molecule has 5 nitrogen and oxygen atoms in total. The SMILES string of the molecule is NC(=O)c1cc2c(-c3cc(Cl)cc(CI)c3)nc(N)nc2s1. The molecule has 1 aromatic carbocycles. The minimum Gasteiger partial charge on any atom is -0.368 e. The molecule has 0 bridgehead atoms. The molecule has 1 amide bonds. The summed E-state index contributed by atoms with van der Waals surface area (Å²) in [6, 6.07) is 7.42. The van der Waals surface area contributed by atoms with Crippen LogP contribution in [0, 0.1) is 0 Å². The molecule has 2 aromatic heterocycles. The van der Waals surface area contributed by atoms with Crippen molar-refractivity contribution in [2.75, 3.05) is 5.73 Å².